The molecule has 0 aliphatic carbocycles. The third-order valence-electron chi connectivity index (χ3n) is 9.48. The minimum atomic E-state index is -0.840. The SMILES string of the molecule is CCCCCCCCCCCCCCCCC(COC(c1ccccc1)(c1ccccc1)c1ccccc1)OCc1cc(F)cc(C#N)c1. The molecule has 0 aliphatic heterocycles. The molecule has 49 heavy (non-hydrogen) atoms. The van der Waals surface area contributed by atoms with E-state index in [4.69, 9.17) is 9.47 Å². The zero-order chi connectivity index (χ0) is 34.4. The molecule has 4 heteroatoms. The van der Waals surface area contributed by atoms with Crippen molar-refractivity contribution in [2.45, 2.75) is 122 Å². The van der Waals surface area contributed by atoms with Gasteiger partial charge in [0, 0.05) is 0 Å². The van der Waals surface area contributed by atoms with Gasteiger partial charge in [-0.1, -0.05) is 188 Å². The van der Waals surface area contributed by atoms with Crippen molar-refractivity contribution in [2.75, 3.05) is 6.61 Å². The molecule has 4 rings (SSSR count). The number of unbranched alkanes of at least 4 members (excludes halogenated alkanes) is 13. The van der Waals surface area contributed by atoms with E-state index >= 15 is 0 Å². The summed E-state index contributed by atoms with van der Waals surface area (Å²) in [4.78, 5) is 0. The van der Waals surface area contributed by atoms with Gasteiger partial charge in [0.25, 0.3) is 0 Å². The number of benzene rings is 4. The van der Waals surface area contributed by atoms with Crippen LogP contribution in [0.4, 0.5) is 4.39 Å². The van der Waals surface area contributed by atoms with Crippen LogP contribution in [0.3, 0.4) is 0 Å². The van der Waals surface area contributed by atoms with Gasteiger partial charge in [0.2, 0.25) is 0 Å². The molecule has 0 spiro atoms. The van der Waals surface area contributed by atoms with Crippen LogP contribution in [0, 0.1) is 17.1 Å². The second-order valence-corrected chi connectivity index (χ2v) is 13.4. The summed E-state index contributed by atoms with van der Waals surface area (Å²) in [6.45, 7) is 2.85. The lowest BCUT2D eigenvalue weighted by molar-refractivity contribution is -0.0731. The quantitative estimate of drug-likeness (QED) is 0.0554. The van der Waals surface area contributed by atoms with Gasteiger partial charge >= 0.3 is 0 Å². The highest BCUT2D eigenvalue weighted by atomic mass is 19.1. The fourth-order valence-corrected chi connectivity index (χ4v) is 6.78. The second kappa shape index (κ2) is 22.0. The summed E-state index contributed by atoms with van der Waals surface area (Å²) in [6, 6.07) is 37.6. The van der Waals surface area contributed by atoms with Gasteiger partial charge in [-0.2, -0.15) is 5.26 Å². The summed E-state index contributed by atoms with van der Waals surface area (Å²) in [6.07, 6.45) is 19.0. The van der Waals surface area contributed by atoms with Crippen LogP contribution in [-0.2, 0) is 21.7 Å². The summed E-state index contributed by atoms with van der Waals surface area (Å²) in [7, 11) is 0. The number of hydrogen-bond donors (Lipinski definition) is 0. The molecule has 0 radical (unpaired) electrons. The lowest BCUT2D eigenvalue weighted by atomic mass is 9.80. The van der Waals surface area contributed by atoms with Crippen molar-refractivity contribution in [2.24, 2.45) is 0 Å². The van der Waals surface area contributed by atoms with E-state index in [1.165, 1.54) is 89.2 Å². The van der Waals surface area contributed by atoms with Gasteiger partial charge in [-0.25, -0.2) is 4.39 Å². The highest BCUT2D eigenvalue weighted by molar-refractivity contribution is 5.47. The Kier molecular flexibility index (Phi) is 17.1. The zero-order valence-corrected chi connectivity index (χ0v) is 29.6. The van der Waals surface area contributed by atoms with Gasteiger partial charge in [0.1, 0.15) is 11.4 Å². The number of ether oxygens (including phenoxy) is 2. The predicted octanol–water partition coefficient (Wildman–Crippen LogP) is 12.5. The molecule has 4 aromatic rings. The maximum Gasteiger partial charge on any atom is 0.143 e. The molecule has 0 amide bonds. The van der Waals surface area contributed by atoms with E-state index in [0.29, 0.717) is 17.7 Å². The highest BCUT2D eigenvalue weighted by Crippen LogP contribution is 2.40. The molecule has 4 aromatic carbocycles. The minimum Gasteiger partial charge on any atom is -0.371 e. The van der Waals surface area contributed by atoms with Gasteiger partial charge in [-0.3, -0.25) is 0 Å². The van der Waals surface area contributed by atoms with Gasteiger partial charge < -0.3 is 9.47 Å². The monoisotopic (exact) mass is 661 g/mol. The van der Waals surface area contributed by atoms with Crippen LogP contribution in [0.2, 0.25) is 0 Å². The summed E-state index contributed by atoms with van der Waals surface area (Å²) in [5, 5.41) is 9.38. The molecule has 0 fully saturated rings. The summed E-state index contributed by atoms with van der Waals surface area (Å²) < 4.78 is 27.9. The van der Waals surface area contributed by atoms with E-state index < -0.39 is 11.4 Å². The standard InChI is InChI=1S/C45H56FNO2/c1-2-3-4-5-6-7-8-9-10-11-12-13-14-24-31-44(48-36-39-32-38(35-47)33-43(46)34-39)37-49-45(40-25-18-15-19-26-40,41-27-20-16-21-28-41)42-29-22-17-23-30-42/h15-23,25-30,32-34,44H,2-14,24,31,36-37H2,1H3. The van der Waals surface area contributed by atoms with Crippen molar-refractivity contribution in [1.29, 1.82) is 5.26 Å². The number of nitrogens with zero attached hydrogens (tertiary/aromatic N) is 1. The van der Waals surface area contributed by atoms with Crippen LogP contribution in [-0.4, -0.2) is 12.7 Å². The fraction of sp³-hybridized carbons (Fsp3) is 0.444. The first-order chi connectivity index (χ1) is 24.2. The Morgan fingerprint density at radius 1 is 0.612 bits per heavy atom. The van der Waals surface area contributed by atoms with Gasteiger partial charge in [-0.15, -0.1) is 0 Å². The van der Waals surface area contributed by atoms with Crippen molar-refractivity contribution in [1.82, 2.24) is 0 Å². The van der Waals surface area contributed by atoms with E-state index in [1.54, 1.807) is 6.07 Å². The molecule has 260 valence electrons. The Morgan fingerprint density at radius 3 is 1.51 bits per heavy atom. The summed E-state index contributed by atoms with van der Waals surface area (Å²) >= 11 is 0. The highest BCUT2D eigenvalue weighted by Gasteiger charge is 2.38. The summed E-state index contributed by atoms with van der Waals surface area (Å²) in [5.41, 5.74) is 3.26. The van der Waals surface area contributed by atoms with Crippen molar-refractivity contribution in [3.63, 3.8) is 0 Å². The summed E-state index contributed by atoms with van der Waals surface area (Å²) in [5.74, 6) is -0.423. The maximum atomic E-state index is 14.3. The molecule has 0 saturated carbocycles. The average molecular weight is 662 g/mol. The van der Waals surface area contributed by atoms with Crippen LogP contribution < -0.4 is 0 Å². The molecular weight excluding hydrogens is 605 g/mol. The minimum absolute atomic E-state index is 0.207. The lowest BCUT2D eigenvalue weighted by Crippen LogP contribution is -2.36. The molecule has 0 aliphatic rings. The molecule has 1 unspecified atom stereocenters. The second-order valence-electron chi connectivity index (χ2n) is 13.4. The molecule has 0 saturated heterocycles. The van der Waals surface area contributed by atoms with E-state index in [0.717, 1.165) is 36.0 Å². The first kappa shape index (κ1) is 38.0. The van der Waals surface area contributed by atoms with Gasteiger partial charge in [-0.05, 0) is 46.9 Å². The largest absolute Gasteiger partial charge is 0.371 e. The smallest absolute Gasteiger partial charge is 0.143 e. The molecule has 0 bridgehead atoms. The van der Waals surface area contributed by atoms with Crippen LogP contribution in [0.25, 0.3) is 0 Å². The third kappa shape index (κ3) is 12.6. The van der Waals surface area contributed by atoms with Crippen LogP contribution in [0.5, 0.6) is 0 Å². The Hall–Kier alpha value is -3.78. The van der Waals surface area contributed by atoms with Gasteiger partial charge in [0.05, 0.1) is 31.0 Å². The first-order valence-corrected chi connectivity index (χ1v) is 18.8. The Balaban J connectivity index is 1.40. The Bertz CT molecular complexity index is 1390. The number of nitriles is 1. The van der Waals surface area contributed by atoms with Crippen LogP contribution >= 0.6 is 0 Å². The van der Waals surface area contributed by atoms with E-state index in [1.807, 2.05) is 18.2 Å². The molecular formula is C45H56FNO2. The predicted molar refractivity (Wildman–Crippen MR) is 200 cm³/mol. The maximum absolute atomic E-state index is 14.3. The Morgan fingerprint density at radius 2 is 1.06 bits per heavy atom. The average Bonchev–Trinajstić information content (AvgIpc) is 3.15. The van der Waals surface area contributed by atoms with Crippen molar-refractivity contribution < 1.29 is 13.9 Å². The van der Waals surface area contributed by atoms with Crippen molar-refractivity contribution in [3.05, 3.63) is 143 Å². The third-order valence-corrected chi connectivity index (χ3v) is 9.48. The first-order valence-electron chi connectivity index (χ1n) is 18.8. The number of halogens is 1. The fourth-order valence-electron chi connectivity index (χ4n) is 6.78. The van der Waals surface area contributed by atoms with Gasteiger partial charge in [0.15, 0.2) is 0 Å². The number of rotatable bonds is 24. The normalized spacial score (nSPS) is 12.1. The molecule has 3 nitrogen and oxygen atoms in total. The zero-order valence-electron chi connectivity index (χ0n) is 29.6. The van der Waals surface area contributed by atoms with Crippen molar-refractivity contribution >= 4 is 0 Å². The Labute approximate surface area is 295 Å². The van der Waals surface area contributed by atoms with Crippen LogP contribution in [0.1, 0.15) is 131 Å². The lowest BCUT2D eigenvalue weighted by Gasteiger charge is -2.37. The van der Waals surface area contributed by atoms with Crippen LogP contribution in [0.15, 0.2) is 109 Å². The van der Waals surface area contributed by atoms with E-state index in [2.05, 4.69) is 85.8 Å². The molecule has 0 aromatic heterocycles. The molecule has 0 heterocycles. The molecule has 1 atom stereocenters. The van der Waals surface area contributed by atoms with Crippen molar-refractivity contribution in [3.8, 4) is 6.07 Å². The van der Waals surface area contributed by atoms with E-state index in [9.17, 15) is 9.65 Å². The number of hydrogen-bond acceptors (Lipinski definition) is 3. The molecule has 0 N–H and O–H groups in total. The van der Waals surface area contributed by atoms with E-state index in [-0.39, 0.29) is 12.7 Å². The topological polar surface area (TPSA) is 42.2 Å².